The number of hydrogen-bond donors (Lipinski definition) is 1. The predicted molar refractivity (Wildman–Crippen MR) is 78.8 cm³/mol. The Bertz CT molecular complexity index is 603. The van der Waals surface area contributed by atoms with Gasteiger partial charge in [-0.15, -0.1) is 12.4 Å². The van der Waals surface area contributed by atoms with Crippen LogP contribution in [0.25, 0.3) is 11.3 Å². The minimum absolute atomic E-state index is 0. The molecule has 0 bridgehead atoms. The summed E-state index contributed by atoms with van der Waals surface area (Å²) in [4.78, 5) is 4.33. The Morgan fingerprint density at radius 3 is 2.60 bits per heavy atom. The smallest absolute Gasteiger partial charge is 0.174 e. The number of nitrogens with two attached hydrogens (primary N) is 1. The van der Waals surface area contributed by atoms with E-state index in [4.69, 9.17) is 10.5 Å². The number of rotatable bonds is 3. The maximum absolute atomic E-state index is 14.1. The second-order valence-electron chi connectivity index (χ2n) is 4.80. The van der Waals surface area contributed by atoms with Crippen LogP contribution in [0.5, 0.6) is 5.75 Å². The van der Waals surface area contributed by atoms with Gasteiger partial charge in [0.1, 0.15) is 0 Å². The Hall–Kier alpha value is -1.65. The van der Waals surface area contributed by atoms with Crippen LogP contribution in [0.4, 0.5) is 4.39 Å². The van der Waals surface area contributed by atoms with Gasteiger partial charge in [0.15, 0.2) is 11.6 Å². The third-order valence-corrected chi connectivity index (χ3v) is 3.51. The highest BCUT2D eigenvalue weighted by molar-refractivity contribution is 5.85. The Labute approximate surface area is 123 Å². The highest BCUT2D eigenvalue weighted by Gasteiger charge is 2.34. The van der Waals surface area contributed by atoms with Crippen molar-refractivity contribution >= 4 is 12.4 Å². The third kappa shape index (κ3) is 2.62. The monoisotopic (exact) mass is 294 g/mol. The molecule has 1 heterocycles. The fraction of sp³-hybridized carbons (Fsp3) is 0.267. The van der Waals surface area contributed by atoms with Crippen molar-refractivity contribution in [3.63, 3.8) is 0 Å². The number of benzene rings is 1. The van der Waals surface area contributed by atoms with Gasteiger partial charge in [0.25, 0.3) is 0 Å². The van der Waals surface area contributed by atoms with E-state index in [1.54, 1.807) is 24.4 Å². The summed E-state index contributed by atoms with van der Waals surface area (Å²) in [5.41, 5.74) is 7.99. The van der Waals surface area contributed by atoms with Crippen LogP contribution in [0.3, 0.4) is 0 Å². The lowest BCUT2D eigenvalue weighted by atomic mass is 10.1. The summed E-state index contributed by atoms with van der Waals surface area (Å²) >= 11 is 0. The van der Waals surface area contributed by atoms with Crippen molar-refractivity contribution in [3.8, 4) is 17.0 Å². The molecule has 0 aliphatic heterocycles. The molecular formula is C15H16ClFN2O. The fourth-order valence-corrected chi connectivity index (χ4v) is 2.25. The van der Waals surface area contributed by atoms with Gasteiger partial charge >= 0.3 is 0 Å². The van der Waals surface area contributed by atoms with Crippen LogP contribution in [-0.2, 0) is 0 Å². The van der Waals surface area contributed by atoms with Gasteiger partial charge in [0.05, 0.1) is 12.8 Å². The third-order valence-electron chi connectivity index (χ3n) is 3.51. The minimum Gasteiger partial charge on any atom is -0.494 e. The van der Waals surface area contributed by atoms with E-state index in [0.717, 1.165) is 12.0 Å². The lowest BCUT2D eigenvalue weighted by molar-refractivity contribution is 0.387. The number of pyridine rings is 1. The highest BCUT2D eigenvalue weighted by Crippen LogP contribution is 2.39. The van der Waals surface area contributed by atoms with Gasteiger partial charge in [0, 0.05) is 23.7 Å². The molecule has 1 aromatic carbocycles. The van der Waals surface area contributed by atoms with Gasteiger partial charge in [-0.25, -0.2) is 4.39 Å². The van der Waals surface area contributed by atoms with Crippen LogP contribution in [-0.4, -0.2) is 18.1 Å². The van der Waals surface area contributed by atoms with Crippen molar-refractivity contribution in [1.29, 1.82) is 0 Å². The van der Waals surface area contributed by atoms with Crippen LogP contribution in [0, 0.1) is 5.82 Å². The number of ether oxygens (including phenoxy) is 1. The van der Waals surface area contributed by atoms with Gasteiger partial charge in [-0.1, -0.05) is 12.1 Å². The Kier molecular flexibility index (Phi) is 4.26. The maximum Gasteiger partial charge on any atom is 0.174 e. The summed E-state index contributed by atoms with van der Waals surface area (Å²) in [7, 11) is 1.45. The number of halogens is 2. The molecule has 2 atom stereocenters. The van der Waals surface area contributed by atoms with Crippen LogP contribution in [0.1, 0.15) is 17.9 Å². The molecule has 3 rings (SSSR count). The molecule has 0 radical (unpaired) electrons. The zero-order valence-electron chi connectivity index (χ0n) is 11.0. The molecule has 0 spiro atoms. The summed E-state index contributed by atoms with van der Waals surface area (Å²) in [6.45, 7) is 0. The van der Waals surface area contributed by atoms with E-state index in [0.29, 0.717) is 17.2 Å². The topological polar surface area (TPSA) is 48.1 Å². The number of hydrogen-bond acceptors (Lipinski definition) is 3. The molecule has 3 nitrogen and oxygen atoms in total. The molecule has 1 aliphatic carbocycles. The summed E-state index contributed by atoms with van der Waals surface area (Å²) in [5.74, 6) is 0.262. The minimum atomic E-state index is -0.381. The summed E-state index contributed by atoms with van der Waals surface area (Å²) in [6.07, 6.45) is 2.79. The van der Waals surface area contributed by atoms with E-state index in [1.165, 1.54) is 7.11 Å². The number of nitrogens with zero attached hydrogens (tertiary/aromatic N) is 1. The van der Waals surface area contributed by atoms with Crippen LogP contribution < -0.4 is 10.5 Å². The van der Waals surface area contributed by atoms with Gasteiger partial charge in [-0.05, 0) is 30.2 Å². The van der Waals surface area contributed by atoms with E-state index < -0.39 is 0 Å². The summed E-state index contributed by atoms with van der Waals surface area (Å²) in [5, 5.41) is 0. The largest absolute Gasteiger partial charge is 0.494 e. The molecule has 1 fully saturated rings. The molecular weight excluding hydrogens is 279 g/mol. The first kappa shape index (κ1) is 14.8. The van der Waals surface area contributed by atoms with E-state index in [2.05, 4.69) is 4.98 Å². The predicted octanol–water partition coefficient (Wildman–Crippen LogP) is 3.13. The fourth-order valence-electron chi connectivity index (χ4n) is 2.25. The quantitative estimate of drug-likeness (QED) is 0.946. The molecule has 2 N–H and O–H groups in total. The Morgan fingerprint density at radius 2 is 2.05 bits per heavy atom. The zero-order chi connectivity index (χ0) is 13.4. The van der Waals surface area contributed by atoms with E-state index >= 15 is 0 Å². The van der Waals surface area contributed by atoms with E-state index in [1.807, 2.05) is 12.1 Å². The van der Waals surface area contributed by atoms with Gasteiger partial charge in [-0.3, -0.25) is 4.98 Å². The first-order valence-electron chi connectivity index (χ1n) is 6.25. The summed E-state index contributed by atoms with van der Waals surface area (Å²) < 4.78 is 19.1. The first-order chi connectivity index (χ1) is 9.20. The van der Waals surface area contributed by atoms with Crippen molar-refractivity contribution in [2.75, 3.05) is 7.11 Å². The second-order valence-corrected chi connectivity index (χ2v) is 4.80. The van der Waals surface area contributed by atoms with Crippen molar-refractivity contribution in [2.45, 2.75) is 18.4 Å². The van der Waals surface area contributed by atoms with Crippen LogP contribution in [0.15, 0.2) is 36.5 Å². The number of aromatic nitrogens is 1. The number of methoxy groups -OCH3 is 1. The molecule has 20 heavy (non-hydrogen) atoms. The SMILES string of the molecule is COc1cccc(-c2ccc([C@H]3C[C@@H]3N)cn2)c1F.Cl. The molecule has 0 unspecified atom stereocenters. The summed E-state index contributed by atoms with van der Waals surface area (Å²) in [6, 6.07) is 9.10. The lowest BCUT2D eigenvalue weighted by Crippen LogP contribution is -2.01. The normalized spacial score (nSPS) is 20.1. The van der Waals surface area contributed by atoms with Crippen molar-refractivity contribution in [1.82, 2.24) is 4.98 Å². The van der Waals surface area contributed by atoms with Gasteiger partial charge in [0.2, 0.25) is 0 Å². The van der Waals surface area contributed by atoms with Gasteiger partial charge in [-0.2, -0.15) is 0 Å². The molecule has 0 saturated heterocycles. The first-order valence-corrected chi connectivity index (χ1v) is 6.25. The Morgan fingerprint density at radius 1 is 1.30 bits per heavy atom. The molecule has 2 aromatic rings. The van der Waals surface area contributed by atoms with Crippen molar-refractivity contribution in [3.05, 3.63) is 47.9 Å². The van der Waals surface area contributed by atoms with Crippen molar-refractivity contribution in [2.24, 2.45) is 5.73 Å². The molecule has 106 valence electrons. The molecule has 5 heteroatoms. The standard InChI is InChI=1S/C15H15FN2O.ClH/c1-19-14-4-2-3-10(15(14)16)13-6-5-9(8-18-13)11-7-12(11)17;/h2-6,8,11-12H,7,17H2,1H3;1H/t11-,12+;/m1./s1. The molecule has 1 aliphatic rings. The Balaban J connectivity index is 0.00000147. The molecule has 1 aromatic heterocycles. The maximum atomic E-state index is 14.1. The molecule has 0 amide bonds. The van der Waals surface area contributed by atoms with E-state index in [-0.39, 0.29) is 30.0 Å². The zero-order valence-corrected chi connectivity index (χ0v) is 11.9. The van der Waals surface area contributed by atoms with Crippen molar-refractivity contribution < 1.29 is 9.13 Å². The average molecular weight is 295 g/mol. The van der Waals surface area contributed by atoms with E-state index in [9.17, 15) is 4.39 Å². The highest BCUT2D eigenvalue weighted by atomic mass is 35.5. The molecule has 1 saturated carbocycles. The van der Waals surface area contributed by atoms with Crippen LogP contribution in [0.2, 0.25) is 0 Å². The average Bonchev–Trinajstić information content (AvgIpc) is 3.16. The van der Waals surface area contributed by atoms with Crippen LogP contribution >= 0.6 is 12.4 Å². The van der Waals surface area contributed by atoms with Gasteiger partial charge < -0.3 is 10.5 Å². The lowest BCUT2D eigenvalue weighted by Gasteiger charge is -2.07. The second kappa shape index (κ2) is 5.77.